The van der Waals surface area contributed by atoms with Crippen molar-refractivity contribution in [1.29, 1.82) is 0 Å². The van der Waals surface area contributed by atoms with Gasteiger partial charge in [-0.1, -0.05) is 12.1 Å². The molecule has 0 aromatic heterocycles. The summed E-state index contributed by atoms with van der Waals surface area (Å²) in [5.74, 6) is 0.870. The van der Waals surface area contributed by atoms with E-state index in [0.29, 0.717) is 6.54 Å². The highest BCUT2D eigenvalue weighted by Gasteiger charge is 2.21. The van der Waals surface area contributed by atoms with Crippen LogP contribution in [-0.2, 0) is 4.79 Å². The van der Waals surface area contributed by atoms with E-state index >= 15 is 0 Å². The minimum absolute atomic E-state index is 0.0282. The fraction of sp³-hybridized carbons (Fsp3) is 0.438. The largest absolute Gasteiger partial charge is 0.491 e. The smallest absolute Gasteiger partial charge is 0.246 e. The Bertz CT molecular complexity index is 480. The molecule has 1 heterocycles. The van der Waals surface area contributed by atoms with Crippen LogP contribution in [0.1, 0.15) is 25.8 Å². The number of carbonyl (C=O) groups is 1. The molecule has 0 spiro atoms. The summed E-state index contributed by atoms with van der Waals surface area (Å²) in [5, 5.41) is 0. The Morgan fingerprint density at radius 1 is 1.40 bits per heavy atom. The van der Waals surface area contributed by atoms with Crippen LogP contribution in [-0.4, -0.2) is 36.0 Å². The molecule has 1 amide bonds. The van der Waals surface area contributed by atoms with Crippen molar-refractivity contribution in [2.75, 3.05) is 13.1 Å². The number of rotatable bonds is 4. The van der Waals surface area contributed by atoms with Gasteiger partial charge in [0.25, 0.3) is 0 Å². The van der Waals surface area contributed by atoms with Gasteiger partial charge in [0, 0.05) is 25.2 Å². The molecule has 0 bridgehead atoms. The SMILES string of the molecule is CC(C)Oc1ccc(C=CC(=O)N2CC[C@@H](N)C2)cc1. The van der Waals surface area contributed by atoms with Crippen molar-refractivity contribution in [2.24, 2.45) is 5.73 Å². The molecule has 1 saturated heterocycles. The number of carbonyl (C=O) groups excluding carboxylic acids is 1. The first-order valence-corrected chi connectivity index (χ1v) is 7.04. The Morgan fingerprint density at radius 3 is 2.65 bits per heavy atom. The maximum atomic E-state index is 11.9. The zero-order chi connectivity index (χ0) is 14.5. The molecule has 1 aromatic rings. The van der Waals surface area contributed by atoms with Crippen LogP contribution < -0.4 is 10.5 Å². The van der Waals surface area contributed by atoms with Crippen molar-refractivity contribution in [3.8, 4) is 5.75 Å². The average molecular weight is 274 g/mol. The zero-order valence-corrected chi connectivity index (χ0v) is 12.1. The van der Waals surface area contributed by atoms with E-state index in [4.69, 9.17) is 10.5 Å². The second-order valence-electron chi connectivity index (χ2n) is 5.40. The molecular weight excluding hydrogens is 252 g/mol. The summed E-state index contributed by atoms with van der Waals surface area (Å²) in [6, 6.07) is 7.83. The van der Waals surface area contributed by atoms with E-state index in [1.165, 1.54) is 0 Å². The van der Waals surface area contributed by atoms with E-state index in [0.717, 1.165) is 24.3 Å². The molecule has 1 fully saturated rings. The van der Waals surface area contributed by atoms with Crippen molar-refractivity contribution >= 4 is 12.0 Å². The van der Waals surface area contributed by atoms with Gasteiger partial charge in [0.2, 0.25) is 5.91 Å². The molecule has 1 atom stereocenters. The zero-order valence-electron chi connectivity index (χ0n) is 12.1. The summed E-state index contributed by atoms with van der Waals surface area (Å²) in [4.78, 5) is 13.7. The predicted molar refractivity (Wildman–Crippen MR) is 80.4 cm³/mol. The van der Waals surface area contributed by atoms with E-state index in [2.05, 4.69) is 0 Å². The van der Waals surface area contributed by atoms with Crippen LogP contribution in [0, 0.1) is 0 Å². The molecule has 4 heteroatoms. The molecule has 0 radical (unpaired) electrons. The van der Waals surface area contributed by atoms with Crippen molar-refractivity contribution < 1.29 is 9.53 Å². The van der Waals surface area contributed by atoms with Crippen LogP contribution in [0.4, 0.5) is 0 Å². The number of nitrogens with zero attached hydrogens (tertiary/aromatic N) is 1. The summed E-state index contributed by atoms with van der Waals surface area (Å²) in [5.41, 5.74) is 6.78. The van der Waals surface area contributed by atoms with Gasteiger partial charge in [-0.15, -0.1) is 0 Å². The van der Waals surface area contributed by atoms with Crippen LogP contribution >= 0.6 is 0 Å². The van der Waals surface area contributed by atoms with Crippen molar-refractivity contribution in [1.82, 2.24) is 4.90 Å². The molecular formula is C16H22N2O2. The molecule has 2 N–H and O–H groups in total. The maximum absolute atomic E-state index is 11.9. The highest BCUT2D eigenvalue weighted by atomic mass is 16.5. The molecule has 1 aromatic carbocycles. The number of ether oxygens (including phenoxy) is 1. The van der Waals surface area contributed by atoms with E-state index < -0.39 is 0 Å². The quantitative estimate of drug-likeness (QED) is 0.855. The highest BCUT2D eigenvalue weighted by Crippen LogP contribution is 2.15. The number of nitrogens with two attached hydrogens (primary N) is 1. The van der Waals surface area contributed by atoms with Gasteiger partial charge < -0.3 is 15.4 Å². The standard InChI is InChI=1S/C16H22N2O2/c1-12(2)20-15-6-3-13(4-7-15)5-8-16(19)18-10-9-14(17)11-18/h3-8,12,14H,9-11,17H2,1-2H3/t14-/m1/s1. The van der Waals surface area contributed by atoms with E-state index in [1.807, 2.05) is 44.2 Å². The molecule has 4 nitrogen and oxygen atoms in total. The summed E-state index contributed by atoms with van der Waals surface area (Å²) in [6.07, 6.45) is 4.49. The third-order valence-corrected chi connectivity index (χ3v) is 3.21. The third-order valence-electron chi connectivity index (χ3n) is 3.21. The Morgan fingerprint density at radius 2 is 2.10 bits per heavy atom. The van der Waals surface area contributed by atoms with Gasteiger partial charge in [-0.25, -0.2) is 0 Å². The average Bonchev–Trinajstić information content (AvgIpc) is 2.84. The summed E-state index contributed by atoms with van der Waals surface area (Å²) < 4.78 is 5.57. The number of hydrogen-bond donors (Lipinski definition) is 1. The molecule has 1 aliphatic rings. The second kappa shape index (κ2) is 6.57. The van der Waals surface area contributed by atoms with Crippen molar-refractivity contribution in [2.45, 2.75) is 32.4 Å². The normalized spacial score (nSPS) is 19.0. The van der Waals surface area contributed by atoms with Gasteiger partial charge in [-0.2, -0.15) is 0 Å². The van der Waals surface area contributed by atoms with Crippen LogP contribution in [0.25, 0.3) is 6.08 Å². The Labute approximate surface area is 120 Å². The van der Waals surface area contributed by atoms with Gasteiger partial charge >= 0.3 is 0 Å². The lowest BCUT2D eigenvalue weighted by Gasteiger charge is -2.12. The molecule has 0 saturated carbocycles. The van der Waals surface area contributed by atoms with E-state index in [9.17, 15) is 4.79 Å². The fourth-order valence-electron chi connectivity index (χ4n) is 2.19. The van der Waals surface area contributed by atoms with Crippen molar-refractivity contribution in [3.05, 3.63) is 35.9 Å². The van der Waals surface area contributed by atoms with Gasteiger partial charge in [-0.05, 0) is 44.0 Å². The van der Waals surface area contributed by atoms with E-state index in [1.54, 1.807) is 11.0 Å². The number of amides is 1. The van der Waals surface area contributed by atoms with Gasteiger partial charge in [0.05, 0.1) is 6.10 Å². The fourth-order valence-corrected chi connectivity index (χ4v) is 2.19. The molecule has 20 heavy (non-hydrogen) atoms. The summed E-state index contributed by atoms with van der Waals surface area (Å²) in [6.45, 7) is 5.40. The maximum Gasteiger partial charge on any atom is 0.246 e. The highest BCUT2D eigenvalue weighted by molar-refractivity contribution is 5.92. The van der Waals surface area contributed by atoms with Crippen LogP contribution in [0.15, 0.2) is 30.3 Å². The minimum atomic E-state index is 0.0282. The summed E-state index contributed by atoms with van der Waals surface area (Å²) in [7, 11) is 0. The topological polar surface area (TPSA) is 55.6 Å². The first kappa shape index (κ1) is 14.6. The Balaban J connectivity index is 1.92. The van der Waals surface area contributed by atoms with Gasteiger partial charge in [0.15, 0.2) is 0 Å². The third kappa shape index (κ3) is 4.10. The second-order valence-corrected chi connectivity index (χ2v) is 5.40. The molecule has 0 unspecified atom stereocenters. The monoisotopic (exact) mass is 274 g/mol. The van der Waals surface area contributed by atoms with Crippen LogP contribution in [0.2, 0.25) is 0 Å². The van der Waals surface area contributed by atoms with Gasteiger partial charge in [0.1, 0.15) is 5.75 Å². The molecule has 0 aliphatic carbocycles. The first-order chi connectivity index (χ1) is 9.54. The first-order valence-electron chi connectivity index (χ1n) is 7.04. The predicted octanol–water partition coefficient (Wildman–Crippen LogP) is 2.05. The molecule has 108 valence electrons. The van der Waals surface area contributed by atoms with Crippen LogP contribution in [0.3, 0.4) is 0 Å². The molecule has 2 rings (SSSR count). The lowest BCUT2D eigenvalue weighted by molar-refractivity contribution is -0.124. The summed E-state index contributed by atoms with van der Waals surface area (Å²) >= 11 is 0. The Kier molecular flexibility index (Phi) is 4.79. The molecule has 1 aliphatic heterocycles. The number of likely N-dealkylation sites (tertiary alicyclic amines) is 1. The number of benzene rings is 1. The van der Waals surface area contributed by atoms with E-state index in [-0.39, 0.29) is 18.1 Å². The lowest BCUT2D eigenvalue weighted by atomic mass is 10.2. The number of hydrogen-bond acceptors (Lipinski definition) is 3. The van der Waals surface area contributed by atoms with Crippen molar-refractivity contribution in [3.63, 3.8) is 0 Å². The van der Waals surface area contributed by atoms with Gasteiger partial charge in [-0.3, -0.25) is 4.79 Å². The minimum Gasteiger partial charge on any atom is -0.491 e. The van der Waals surface area contributed by atoms with Crippen LogP contribution in [0.5, 0.6) is 5.75 Å². The lowest BCUT2D eigenvalue weighted by Crippen LogP contribution is -2.30. The Hall–Kier alpha value is -1.81.